The van der Waals surface area contributed by atoms with E-state index in [0.717, 1.165) is 17.8 Å². The molecule has 2 fully saturated rings. The first-order valence-electron chi connectivity index (χ1n) is 7.51. The Hall–Kier alpha value is -1.32. The Labute approximate surface area is 114 Å². The maximum atomic E-state index is 12.1. The minimum Gasteiger partial charge on any atom is -0.363 e. The van der Waals surface area contributed by atoms with E-state index in [2.05, 4.69) is 17.2 Å². The van der Waals surface area contributed by atoms with Crippen molar-refractivity contribution in [3.8, 4) is 0 Å². The van der Waals surface area contributed by atoms with E-state index in [4.69, 9.17) is 0 Å². The molecule has 19 heavy (non-hydrogen) atoms. The van der Waals surface area contributed by atoms with E-state index in [1.807, 2.05) is 6.92 Å². The van der Waals surface area contributed by atoms with Crippen LogP contribution < -0.4 is 10.9 Å². The molecule has 2 aliphatic carbocycles. The topological polar surface area (TPSA) is 46.9 Å². The minimum absolute atomic E-state index is 0.00000591. The molecule has 0 radical (unpaired) electrons. The zero-order chi connectivity index (χ0) is 13.4. The number of hydrogen-bond acceptors (Lipinski definition) is 3. The maximum Gasteiger partial charge on any atom is 0.293 e. The number of aromatic nitrogens is 2. The molecule has 1 N–H and O–H groups in total. The van der Waals surface area contributed by atoms with Gasteiger partial charge in [-0.25, -0.2) is 4.98 Å². The summed E-state index contributed by atoms with van der Waals surface area (Å²) >= 11 is 0. The van der Waals surface area contributed by atoms with Crippen molar-refractivity contribution in [1.82, 2.24) is 9.55 Å². The highest BCUT2D eigenvalue weighted by molar-refractivity contribution is 5.32. The normalized spacial score (nSPS) is 30.5. The van der Waals surface area contributed by atoms with Gasteiger partial charge in [0, 0.05) is 25.0 Å². The van der Waals surface area contributed by atoms with Gasteiger partial charge in [-0.3, -0.25) is 4.79 Å². The molecule has 2 bridgehead atoms. The Morgan fingerprint density at radius 1 is 1.47 bits per heavy atom. The molecule has 4 unspecified atom stereocenters. The number of fused-ring (bicyclic) bond motifs is 2. The number of aryl methyl sites for hydroxylation is 1. The highest BCUT2D eigenvalue weighted by Gasteiger charge is 2.41. The number of rotatable bonds is 4. The Bertz CT molecular complexity index is 510. The first-order valence-corrected chi connectivity index (χ1v) is 7.51. The smallest absolute Gasteiger partial charge is 0.293 e. The fraction of sp³-hybridized carbons (Fsp3) is 0.733. The van der Waals surface area contributed by atoms with Crippen molar-refractivity contribution in [3.05, 3.63) is 22.7 Å². The van der Waals surface area contributed by atoms with Crippen molar-refractivity contribution in [1.29, 1.82) is 0 Å². The Morgan fingerprint density at radius 2 is 2.32 bits per heavy atom. The van der Waals surface area contributed by atoms with Crippen molar-refractivity contribution in [2.24, 2.45) is 17.8 Å². The lowest BCUT2D eigenvalue weighted by Crippen LogP contribution is -2.34. The molecule has 4 nitrogen and oxygen atoms in total. The van der Waals surface area contributed by atoms with Crippen LogP contribution in [0.4, 0.5) is 5.82 Å². The molecule has 1 heterocycles. The fourth-order valence-electron chi connectivity index (χ4n) is 4.02. The van der Waals surface area contributed by atoms with Gasteiger partial charge in [-0.05, 0) is 50.9 Å². The van der Waals surface area contributed by atoms with Gasteiger partial charge < -0.3 is 9.88 Å². The third-order valence-corrected chi connectivity index (χ3v) is 5.05. The molecule has 1 aromatic heterocycles. The van der Waals surface area contributed by atoms with Crippen LogP contribution in [-0.2, 0) is 6.54 Å². The summed E-state index contributed by atoms with van der Waals surface area (Å²) in [6.07, 6.45) is 8.98. The van der Waals surface area contributed by atoms with Gasteiger partial charge in [0.1, 0.15) is 0 Å². The summed E-state index contributed by atoms with van der Waals surface area (Å²) in [6.45, 7) is 4.87. The maximum absolute atomic E-state index is 12.1. The summed E-state index contributed by atoms with van der Waals surface area (Å²) in [5.41, 5.74) is 0.00000591. The van der Waals surface area contributed by atoms with E-state index < -0.39 is 0 Å². The quantitative estimate of drug-likeness (QED) is 0.906. The van der Waals surface area contributed by atoms with Crippen LogP contribution in [0.3, 0.4) is 0 Å². The Balaban J connectivity index is 1.73. The molecule has 2 aliphatic rings. The van der Waals surface area contributed by atoms with E-state index in [1.54, 1.807) is 17.0 Å². The second kappa shape index (κ2) is 4.99. The fourth-order valence-corrected chi connectivity index (χ4v) is 4.02. The predicted molar refractivity (Wildman–Crippen MR) is 76.2 cm³/mol. The molecule has 4 heteroatoms. The zero-order valence-electron chi connectivity index (χ0n) is 11.8. The van der Waals surface area contributed by atoms with Crippen LogP contribution in [0.5, 0.6) is 0 Å². The van der Waals surface area contributed by atoms with Crippen LogP contribution in [0, 0.1) is 17.8 Å². The molecule has 0 amide bonds. The molecule has 4 atom stereocenters. The van der Waals surface area contributed by atoms with Crippen molar-refractivity contribution in [2.75, 3.05) is 5.32 Å². The average Bonchev–Trinajstić information content (AvgIpc) is 3.03. The summed E-state index contributed by atoms with van der Waals surface area (Å²) in [7, 11) is 0. The third-order valence-electron chi connectivity index (χ3n) is 5.05. The highest BCUT2D eigenvalue weighted by Crippen LogP contribution is 2.49. The number of anilines is 1. The molecule has 0 aliphatic heterocycles. The standard InChI is InChI=1S/C15H23N3O/c1-3-18-7-6-16-14(15(18)19)17-10(2)13-9-11-4-5-12(13)8-11/h6-7,10-13H,3-5,8-9H2,1-2H3,(H,16,17). The molecule has 3 rings (SSSR count). The van der Waals surface area contributed by atoms with Gasteiger partial charge in [0.05, 0.1) is 0 Å². The summed E-state index contributed by atoms with van der Waals surface area (Å²) in [4.78, 5) is 16.4. The largest absolute Gasteiger partial charge is 0.363 e. The molecule has 2 saturated carbocycles. The van der Waals surface area contributed by atoms with Crippen LogP contribution in [-0.4, -0.2) is 15.6 Å². The van der Waals surface area contributed by atoms with Crippen molar-refractivity contribution in [3.63, 3.8) is 0 Å². The second-order valence-corrected chi connectivity index (χ2v) is 6.14. The van der Waals surface area contributed by atoms with Crippen LogP contribution in [0.2, 0.25) is 0 Å². The third kappa shape index (κ3) is 2.28. The molecule has 0 aromatic carbocycles. The molecular formula is C15H23N3O. The molecule has 104 valence electrons. The average molecular weight is 261 g/mol. The first-order chi connectivity index (χ1) is 9.19. The predicted octanol–water partition coefficient (Wildman–Crippen LogP) is 2.50. The van der Waals surface area contributed by atoms with E-state index >= 15 is 0 Å². The van der Waals surface area contributed by atoms with E-state index in [9.17, 15) is 4.79 Å². The molecular weight excluding hydrogens is 238 g/mol. The van der Waals surface area contributed by atoms with Gasteiger partial charge in [-0.2, -0.15) is 0 Å². The summed E-state index contributed by atoms with van der Waals surface area (Å²) < 4.78 is 1.70. The van der Waals surface area contributed by atoms with Gasteiger partial charge in [-0.1, -0.05) is 6.42 Å². The number of nitrogens with zero attached hydrogens (tertiary/aromatic N) is 2. The van der Waals surface area contributed by atoms with Gasteiger partial charge in [0.2, 0.25) is 0 Å². The lowest BCUT2D eigenvalue weighted by atomic mass is 9.84. The van der Waals surface area contributed by atoms with Crippen molar-refractivity contribution < 1.29 is 0 Å². The zero-order valence-corrected chi connectivity index (χ0v) is 11.8. The Kier molecular flexibility index (Phi) is 3.33. The molecule has 1 aromatic rings. The van der Waals surface area contributed by atoms with Gasteiger partial charge in [0.25, 0.3) is 5.56 Å². The summed E-state index contributed by atoms with van der Waals surface area (Å²) in [6, 6.07) is 0.350. The van der Waals surface area contributed by atoms with Gasteiger partial charge >= 0.3 is 0 Å². The number of nitrogens with one attached hydrogen (secondary N) is 1. The van der Waals surface area contributed by atoms with Crippen LogP contribution >= 0.6 is 0 Å². The van der Waals surface area contributed by atoms with E-state index in [1.165, 1.54) is 25.7 Å². The molecule has 0 saturated heterocycles. The van der Waals surface area contributed by atoms with E-state index in [0.29, 0.717) is 18.4 Å². The number of hydrogen-bond donors (Lipinski definition) is 1. The lowest BCUT2D eigenvalue weighted by Gasteiger charge is -2.28. The minimum atomic E-state index is 0.00000591. The lowest BCUT2D eigenvalue weighted by molar-refractivity contribution is 0.303. The van der Waals surface area contributed by atoms with Crippen LogP contribution in [0.1, 0.15) is 39.5 Å². The first kappa shape index (κ1) is 12.7. The monoisotopic (exact) mass is 261 g/mol. The van der Waals surface area contributed by atoms with Crippen LogP contribution in [0.15, 0.2) is 17.2 Å². The van der Waals surface area contributed by atoms with Gasteiger partial charge in [0.15, 0.2) is 5.82 Å². The van der Waals surface area contributed by atoms with Crippen LogP contribution in [0.25, 0.3) is 0 Å². The van der Waals surface area contributed by atoms with E-state index in [-0.39, 0.29) is 5.56 Å². The summed E-state index contributed by atoms with van der Waals surface area (Å²) in [5, 5.41) is 3.37. The van der Waals surface area contributed by atoms with Crippen molar-refractivity contribution >= 4 is 5.82 Å². The molecule has 0 spiro atoms. The SMILES string of the molecule is CCn1ccnc(NC(C)C2CC3CCC2C3)c1=O. The van der Waals surface area contributed by atoms with Crippen molar-refractivity contribution in [2.45, 2.75) is 52.1 Å². The highest BCUT2D eigenvalue weighted by atomic mass is 16.1. The Morgan fingerprint density at radius 3 is 2.95 bits per heavy atom. The second-order valence-electron chi connectivity index (χ2n) is 6.14. The van der Waals surface area contributed by atoms with Gasteiger partial charge in [-0.15, -0.1) is 0 Å². The summed E-state index contributed by atoms with van der Waals surface area (Å²) in [5.74, 6) is 3.04.